The molecule has 3 N–H and O–H groups in total. The zero-order chi connectivity index (χ0) is 14.4. The van der Waals surface area contributed by atoms with Gasteiger partial charge in [0.05, 0.1) is 19.3 Å². The molecule has 0 aromatic carbocycles. The number of rotatable bonds is 4. The van der Waals surface area contributed by atoms with Crippen molar-refractivity contribution < 1.29 is 36.8 Å². The van der Waals surface area contributed by atoms with E-state index >= 15 is 0 Å². The first-order chi connectivity index (χ1) is 7.97. The number of aryl methyl sites for hydroxylation is 2. The number of nitrogens with zero attached hydrogens (tertiary/aromatic N) is 2. The standard InChI is InChI=1S/C7H12N2O3S.H3O4P/c1-8-4-5-9(7-8)3-2-6-13(10,11)12;1-5(2,3)4/h4-5,7H,2-3,6H2,1H3;(H3,1,2,3,4). The molecule has 18 heavy (non-hydrogen) atoms. The minimum Gasteiger partial charge on any atom is -0.756 e. The van der Waals surface area contributed by atoms with E-state index in [1.54, 1.807) is 0 Å². The number of phosphoric acid groups is 1. The van der Waals surface area contributed by atoms with Crippen molar-refractivity contribution in [2.75, 3.05) is 5.75 Å². The fourth-order valence-electron chi connectivity index (χ4n) is 1.06. The Labute approximate surface area is 104 Å². The third-order valence-corrected chi connectivity index (χ3v) is 2.45. The fraction of sp³-hybridized carbons (Fsp3) is 0.571. The number of aromatic nitrogens is 2. The number of hydrogen-bond acceptors (Lipinski definition) is 4. The average Bonchev–Trinajstić information content (AvgIpc) is 2.45. The van der Waals surface area contributed by atoms with Crippen molar-refractivity contribution in [3.05, 3.63) is 18.7 Å². The van der Waals surface area contributed by atoms with Gasteiger partial charge in [0.15, 0.2) is 0 Å². The van der Waals surface area contributed by atoms with Gasteiger partial charge >= 0.3 is 0 Å². The molecular formula is C7H15N2O7PS. The Morgan fingerprint density at radius 2 is 1.94 bits per heavy atom. The average molecular weight is 302 g/mol. The Bertz CT molecular complexity index is 497. The van der Waals surface area contributed by atoms with Gasteiger partial charge < -0.3 is 14.7 Å². The lowest BCUT2D eigenvalue weighted by Gasteiger charge is -2.01. The third-order valence-electron chi connectivity index (χ3n) is 1.64. The van der Waals surface area contributed by atoms with Gasteiger partial charge in [0.25, 0.3) is 17.9 Å². The van der Waals surface area contributed by atoms with Crippen LogP contribution in [0.25, 0.3) is 0 Å². The smallest absolute Gasteiger partial charge is 0.265 e. The van der Waals surface area contributed by atoms with Crippen molar-refractivity contribution in [3.63, 3.8) is 0 Å². The van der Waals surface area contributed by atoms with Crippen molar-refractivity contribution >= 4 is 17.9 Å². The molecule has 0 saturated carbocycles. The molecule has 9 nitrogen and oxygen atoms in total. The zero-order valence-electron chi connectivity index (χ0n) is 9.58. The Balaban J connectivity index is 0.000000494. The molecule has 0 fully saturated rings. The van der Waals surface area contributed by atoms with E-state index in [1.807, 2.05) is 34.9 Å². The van der Waals surface area contributed by atoms with Crippen LogP contribution in [0.2, 0.25) is 0 Å². The van der Waals surface area contributed by atoms with E-state index in [-0.39, 0.29) is 5.75 Å². The van der Waals surface area contributed by atoms with Crippen molar-refractivity contribution in [2.45, 2.75) is 13.0 Å². The van der Waals surface area contributed by atoms with E-state index in [1.165, 1.54) is 0 Å². The second kappa shape index (κ2) is 6.98. The van der Waals surface area contributed by atoms with Crippen LogP contribution in [-0.2, 0) is 28.3 Å². The van der Waals surface area contributed by atoms with Crippen molar-refractivity contribution in [3.8, 4) is 0 Å². The largest absolute Gasteiger partial charge is 0.756 e. The van der Waals surface area contributed by atoms with Crippen LogP contribution in [0.15, 0.2) is 18.7 Å². The van der Waals surface area contributed by atoms with Gasteiger partial charge in [-0.2, -0.15) is 8.42 Å². The van der Waals surface area contributed by atoms with Crippen LogP contribution in [0.1, 0.15) is 6.42 Å². The molecule has 0 aliphatic rings. The van der Waals surface area contributed by atoms with Crippen molar-refractivity contribution in [1.29, 1.82) is 0 Å². The summed E-state index contributed by atoms with van der Waals surface area (Å²) in [5, 5.41) is 0. The molecule has 0 radical (unpaired) electrons. The summed E-state index contributed by atoms with van der Waals surface area (Å²) in [5.74, 6) is -0.186. The minimum absolute atomic E-state index is 0.186. The van der Waals surface area contributed by atoms with Crippen LogP contribution in [-0.4, -0.2) is 33.1 Å². The molecule has 106 valence electrons. The summed E-state index contributed by atoms with van der Waals surface area (Å²) in [5.41, 5.74) is 0. The summed E-state index contributed by atoms with van der Waals surface area (Å²) < 4.78 is 41.7. The van der Waals surface area contributed by atoms with E-state index in [9.17, 15) is 8.42 Å². The van der Waals surface area contributed by atoms with Gasteiger partial charge in [0.1, 0.15) is 12.4 Å². The number of hydrogen-bond donors (Lipinski definition) is 3. The summed E-state index contributed by atoms with van der Waals surface area (Å²) >= 11 is 0. The first kappa shape index (κ1) is 17.2. The van der Waals surface area contributed by atoms with E-state index in [0.29, 0.717) is 13.0 Å². The highest BCUT2D eigenvalue weighted by molar-refractivity contribution is 7.85. The minimum atomic E-state index is -4.89. The summed E-state index contributed by atoms with van der Waals surface area (Å²) in [6.07, 6.45) is 5.99. The molecule has 0 amide bonds. The van der Waals surface area contributed by atoms with E-state index in [0.717, 1.165) is 0 Å². The molecule has 0 aliphatic heterocycles. The molecular weight excluding hydrogens is 287 g/mol. The second-order valence-corrected chi connectivity index (χ2v) is 6.00. The van der Waals surface area contributed by atoms with Crippen molar-refractivity contribution in [1.82, 2.24) is 4.57 Å². The molecule has 0 saturated heterocycles. The highest BCUT2D eigenvalue weighted by Crippen LogP contribution is 2.18. The Kier molecular flexibility index (Phi) is 6.68. The highest BCUT2D eigenvalue weighted by atomic mass is 32.2. The topological polar surface area (TPSA) is 144 Å². The summed E-state index contributed by atoms with van der Waals surface area (Å²) in [7, 11) is -6.81. The first-order valence-corrected chi connectivity index (χ1v) is 7.84. The monoisotopic (exact) mass is 302 g/mol. The lowest BCUT2D eigenvalue weighted by atomic mass is 10.5. The molecule has 1 heterocycles. The van der Waals surface area contributed by atoms with Crippen LogP contribution in [0.4, 0.5) is 0 Å². The van der Waals surface area contributed by atoms with Gasteiger partial charge in [-0.05, 0) is 0 Å². The van der Waals surface area contributed by atoms with Crippen LogP contribution >= 0.6 is 7.82 Å². The first-order valence-electron chi connectivity index (χ1n) is 4.70. The summed E-state index contributed by atoms with van der Waals surface area (Å²) in [4.78, 5) is 22.9. The molecule has 1 rings (SSSR count). The van der Waals surface area contributed by atoms with Gasteiger partial charge in [-0.15, -0.1) is 0 Å². The summed E-state index contributed by atoms with van der Waals surface area (Å²) in [6.45, 7) is 0.598. The maximum absolute atomic E-state index is 10.4. The predicted molar refractivity (Wildman–Crippen MR) is 58.7 cm³/mol. The Morgan fingerprint density at radius 1 is 1.44 bits per heavy atom. The van der Waals surface area contributed by atoms with Crippen LogP contribution in [0.5, 0.6) is 0 Å². The summed E-state index contributed by atoms with van der Waals surface area (Å²) in [6, 6.07) is 0. The molecule has 0 unspecified atom stereocenters. The molecule has 1 aromatic heterocycles. The molecule has 0 spiro atoms. The lowest BCUT2D eigenvalue weighted by Crippen LogP contribution is -2.23. The SMILES string of the molecule is C[n+]1ccn(CCCS(=O)(=O)O)c1.O=P([O-])(O)O. The van der Waals surface area contributed by atoms with Crippen molar-refractivity contribution in [2.24, 2.45) is 7.05 Å². The van der Waals surface area contributed by atoms with Crippen LogP contribution in [0, 0.1) is 0 Å². The quantitative estimate of drug-likeness (QED) is 0.332. The lowest BCUT2D eigenvalue weighted by molar-refractivity contribution is -0.671. The van der Waals surface area contributed by atoms with Gasteiger partial charge in [-0.25, -0.2) is 9.13 Å². The fourth-order valence-corrected chi connectivity index (χ4v) is 1.56. The van der Waals surface area contributed by atoms with Gasteiger partial charge in [-0.1, -0.05) is 0 Å². The maximum atomic E-state index is 10.4. The molecule has 0 bridgehead atoms. The Hall–Kier alpha value is -0.770. The highest BCUT2D eigenvalue weighted by Gasteiger charge is 2.06. The van der Waals surface area contributed by atoms with Gasteiger partial charge in [0.2, 0.25) is 6.33 Å². The second-order valence-electron chi connectivity index (χ2n) is 3.45. The normalized spacial score (nSPS) is 11.8. The molecule has 1 aromatic rings. The third kappa shape index (κ3) is 13.3. The molecule has 0 atom stereocenters. The molecule has 11 heteroatoms. The van der Waals surface area contributed by atoms with Gasteiger partial charge in [0, 0.05) is 6.42 Å². The maximum Gasteiger partial charge on any atom is 0.265 e. The van der Waals surface area contributed by atoms with E-state index in [4.69, 9.17) is 23.8 Å². The van der Waals surface area contributed by atoms with Gasteiger partial charge in [-0.3, -0.25) is 9.12 Å². The van der Waals surface area contributed by atoms with Crippen LogP contribution in [0.3, 0.4) is 0 Å². The molecule has 0 aliphatic carbocycles. The van der Waals surface area contributed by atoms with Crippen LogP contribution < -0.4 is 9.46 Å². The van der Waals surface area contributed by atoms with E-state index < -0.39 is 17.9 Å². The number of imidazole rings is 1. The Morgan fingerprint density at radius 3 is 2.28 bits per heavy atom. The zero-order valence-corrected chi connectivity index (χ0v) is 11.3. The predicted octanol–water partition coefficient (Wildman–Crippen LogP) is -1.97. The van der Waals surface area contributed by atoms with E-state index in [2.05, 4.69) is 0 Å².